The molecule has 0 saturated carbocycles. The molecular formula is C16H17NO2. The normalized spacial score (nSPS) is 13.5. The summed E-state index contributed by atoms with van der Waals surface area (Å²) in [6.07, 6.45) is 5.85. The Labute approximate surface area is 113 Å². The zero-order valence-corrected chi connectivity index (χ0v) is 11.0. The van der Waals surface area contributed by atoms with Crippen molar-refractivity contribution >= 4 is 12.0 Å². The predicted octanol–water partition coefficient (Wildman–Crippen LogP) is 3.35. The van der Waals surface area contributed by atoms with Crippen molar-refractivity contribution in [2.45, 2.75) is 12.8 Å². The van der Waals surface area contributed by atoms with Gasteiger partial charge < -0.3 is 4.74 Å². The smallest absolute Gasteiger partial charge is 0.326 e. The first kappa shape index (κ1) is 14.7. The van der Waals surface area contributed by atoms with E-state index in [0.29, 0.717) is 6.42 Å². The number of methoxy groups -OCH3 is 1. The maximum Gasteiger partial charge on any atom is 0.326 e. The summed E-state index contributed by atoms with van der Waals surface area (Å²) in [5, 5.41) is 9.27. The molecule has 0 saturated heterocycles. The van der Waals surface area contributed by atoms with Gasteiger partial charge in [0, 0.05) is 0 Å². The lowest BCUT2D eigenvalue weighted by Gasteiger charge is -2.20. The maximum absolute atomic E-state index is 11.8. The quantitative estimate of drug-likeness (QED) is 0.578. The molecule has 0 amide bonds. The summed E-state index contributed by atoms with van der Waals surface area (Å²) in [7, 11) is 1.29. The molecule has 1 aromatic carbocycles. The van der Waals surface area contributed by atoms with E-state index < -0.39 is 11.4 Å². The van der Waals surface area contributed by atoms with Crippen molar-refractivity contribution in [3.05, 3.63) is 54.6 Å². The van der Waals surface area contributed by atoms with E-state index in [1.807, 2.05) is 42.5 Å². The van der Waals surface area contributed by atoms with E-state index in [1.54, 1.807) is 6.08 Å². The number of benzene rings is 1. The van der Waals surface area contributed by atoms with Crippen LogP contribution in [0.15, 0.2) is 49.1 Å². The lowest BCUT2D eigenvalue weighted by molar-refractivity contribution is -0.149. The summed E-state index contributed by atoms with van der Waals surface area (Å²) in [5.74, 6) is -0.521. The van der Waals surface area contributed by atoms with E-state index in [2.05, 4.69) is 12.6 Å². The molecule has 0 spiro atoms. The SMILES string of the molecule is C=CCC(C#N)(C/C=C/c1ccccc1)C(=O)OC. The number of hydrogen-bond acceptors (Lipinski definition) is 3. The highest BCUT2D eigenvalue weighted by molar-refractivity contribution is 5.80. The number of rotatable bonds is 6. The van der Waals surface area contributed by atoms with Crippen LogP contribution in [-0.2, 0) is 9.53 Å². The standard InChI is InChI=1S/C16H17NO2/c1-3-11-16(13-17,15(18)19-2)12-7-10-14-8-5-4-6-9-14/h3-10H,1,11-12H2,2H3/b10-7+. The third kappa shape index (κ3) is 3.82. The summed E-state index contributed by atoms with van der Waals surface area (Å²) in [4.78, 5) is 11.8. The van der Waals surface area contributed by atoms with Crippen LogP contribution in [0.1, 0.15) is 18.4 Å². The van der Waals surface area contributed by atoms with Gasteiger partial charge >= 0.3 is 5.97 Å². The zero-order chi connectivity index (χ0) is 14.1. The van der Waals surface area contributed by atoms with Gasteiger partial charge in [0.25, 0.3) is 0 Å². The number of hydrogen-bond donors (Lipinski definition) is 0. The van der Waals surface area contributed by atoms with Crippen LogP contribution in [0.4, 0.5) is 0 Å². The Bertz CT molecular complexity index is 499. The van der Waals surface area contributed by atoms with Crippen molar-refractivity contribution in [2.75, 3.05) is 7.11 Å². The minimum absolute atomic E-state index is 0.273. The molecule has 1 aromatic rings. The average molecular weight is 255 g/mol. The molecule has 0 bridgehead atoms. The molecular weight excluding hydrogens is 238 g/mol. The molecule has 3 nitrogen and oxygen atoms in total. The fourth-order valence-electron chi connectivity index (χ4n) is 1.79. The molecule has 0 heterocycles. The Morgan fingerprint density at radius 3 is 2.63 bits per heavy atom. The molecule has 1 atom stereocenters. The predicted molar refractivity (Wildman–Crippen MR) is 75.0 cm³/mol. The van der Waals surface area contributed by atoms with Crippen molar-refractivity contribution in [3.8, 4) is 6.07 Å². The van der Waals surface area contributed by atoms with Crippen molar-refractivity contribution in [2.24, 2.45) is 5.41 Å². The zero-order valence-electron chi connectivity index (χ0n) is 11.0. The number of nitrogens with zero attached hydrogens (tertiary/aromatic N) is 1. The lowest BCUT2D eigenvalue weighted by atomic mass is 9.82. The Kier molecular flexibility index (Phi) is 5.56. The molecule has 0 aliphatic rings. The van der Waals surface area contributed by atoms with E-state index in [9.17, 15) is 10.1 Å². The molecule has 1 rings (SSSR count). The van der Waals surface area contributed by atoms with Crippen LogP contribution >= 0.6 is 0 Å². The first-order valence-electron chi connectivity index (χ1n) is 6.00. The number of esters is 1. The van der Waals surface area contributed by atoms with E-state index in [0.717, 1.165) is 5.56 Å². The fraction of sp³-hybridized carbons (Fsp3) is 0.250. The molecule has 0 N–H and O–H groups in total. The van der Waals surface area contributed by atoms with Gasteiger partial charge in [0.2, 0.25) is 0 Å². The minimum Gasteiger partial charge on any atom is -0.468 e. The lowest BCUT2D eigenvalue weighted by Crippen LogP contribution is -2.29. The first-order chi connectivity index (χ1) is 9.18. The highest BCUT2D eigenvalue weighted by Gasteiger charge is 2.37. The van der Waals surface area contributed by atoms with Gasteiger partial charge in [0.15, 0.2) is 5.41 Å². The minimum atomic E-state index is -1.18. The van der Waals surface area contributed by atoms with Crippen molar-refractivity contribution in [3.63, 3.8) is 0 Å². The molecule has 0 radical (unpaired) electrons. The van der Waals surface area contributed by atoms with E-state index >= 15 is 0 Å². The Hall–Kier alpha value is -2.34. The molecule has 0 aromatic heterocycles. The third-order valence-electron chi connectivity index (χ3n) is 2.86. The van der Waals surface area contributed by atoms with E-state index in [4.69, 9.17) is 4.74 Å². The Morgan fingerprint density at radius 1 is 1.42 bits per heavy atom. The molecule has 19 heavy (non-hydrogen) atoms. The maximum atomic E-state index is 11.8. The van der Waals surface area contributed by atoms with Crippen LogP contribution in [0.3, 0.4) is 0 Å². The summed E-state index contributed by atoms with van der Waals surface area (Å²) < 4.78 is 4.72. The number of ether oxygens (including phenoxy) is 1. The monoisotopic (exact) mass is 255 g/mol. The summed E-state index contributed by atoms with van der Waals surface area (Å²) in [5.41, 5.74) is -0.153. The highest BCUT2D eigenvalue weighted by atomic mass is 16.5. The number of allylic oxidation sites excluding steroid dienone is 2. The molecule has 3 heteroatoms. The van der Waals surface area contributed by atoms with Gasteiger partial charge in [-0.2, -0.15) is 5.26 Å². The van der Waals surface area contributed by atoms with Crippen LogP contribution in [-0.4, -0.2) is 13.1 Å². The van der Waals surface area contributed by atoms with Gasteiger partial charge in [-0.15, -0.1) is 6.58 Å². The van der Waals surface area contributed by atoms with Crippen molar-refractivity contribution < 1.29 is 9.53 Å². The molecule has 1 unspecified atom stereocenters. The van der Waals surface area contributed by atoms with Crippen LogP contribution in [0.2, 0.25) is 0 Å². The highest BCUT2D eigenvalue weighted by Crippen LogP contribution is 2.29. The van der Waals surface area contributed by atoms with Gasteiger partial charge in [-0.05, 0) is 18.4 Å². The second-order valence-electron chi connectivity index (χ2n) is 4.20. The topological polar surface area (TPSA) is 50.1 Å². The second kappa shape index (κ2) is 7.17. The van der Waals surface area contributed by atoms with Gasteiger partial charge in [0.1, 0.15) is 0 Å². The van der Waals surface area contributed by atoms with Crippen LogP contribution < -0.4 is 0 Å². The number of carbonyl (C=O) groups excluding carboxylic acids is 1. The van der Waals surface area contributed by atoms with Crippen molar-refractivity contribution in [1.82, 2.24) is 0 Å². The number of carbonyl (C=O) groups is 1. The van der Waals surface area contributed by atoms with Gasteiger partial charge in [-0.1, -0.05) is 48.6 Å². The Balaban J connectivity index is 2.85. The fourth-order valence-corrected chi connectivity index (χ4v) is 1.79. The second-order valence-corrected chi connectivity index (χ2v) is 4.20. The van der Waals surface area contributed by atoms with Crippen LogP contribution in [0.5, 0.6) is 0 Å². The average Bonchev–Trinajstić information content (AvgIpc) is 2.46. The van der Waals surface area contributed by atoms with Gasteiger partial charge in [0.05, 0.1) is 13.2 Å². The third-order valence-corrected chi connectivity index (χ3v) is 2.86. The molecule has 0 aliphatic heterocycles. The number of nitriles is 1. The summed E-state index contributed by atoms with van der Waals surface area (Å²) >= 11 is 0. The van der Waals surface area contributed by atoms with Crippen LogP contribution in [0, 0.1) is 16.7 Å². The van der Waals surface area contributed by atoms with Crippen molar-refractivity contribution in [1.29, 1.82) is 5.26 Å². The molecule has 0 fully saturated rings. The summed E-state index contributed by atoms with van der Waals surface area (Å²) in [6, 6.07) is 11.8. The van der Waals surface area contributed by atoms with E-state index in [-0.39, 0.29) is 6.42 Å². The molecule has 98 valence electrons. The summed E-state index contributed by atoms with van der Waals surface area (Å²) in [6.45, 7) is 3.59. The van der Waals surface area contributed by atoms with Gasteiger partial charge in [-0.25, -0.2) is 0 Å². The molecule has 0 aliphatic carbocycles. The van der Waals surface area contributed by atoms with E-state index in [1.165, 1.54) is 7.11 Å². The first-order valence-corrected chi connectivity index (χ1v) is 6.00. The van der Waals surface area contributed by atoms with Gasteiger partial charge in [-0.3, -0.25) is 4.79 Å². The Morgan fingerprint density at radius 2 is 2.11 bits per heavy atom. The largest absolute Gasteiger partial charge is 0.468 e. The van der Waals surface area contributed by atoms with Crippen LogP contribution in [0.25, 0.3) is 6.08 Å².